The van der Waals surface area contributed by atoms with E-state index >= 15 is 0 Å². The lowest BCUT2D eigenvalue weighted by Crippen LogP contribution is -2.44. The van der Waals surface area contributed by atoms with Gasteiger partial charge in [0.1, 0.15) is 40.8 Å². The summed E-state index contributed by atoms with van der Waals surface area (Å²) in [5, 5.41) is 17.1. The van der Waals surface area contributed by atoms with Crippen molar-refractivity contribution in [1.29, 1.82) is 0 Å². The molecule has 0 amide bonds. The fourth-order valence-electron chi connectivity index (χ4n) is 2.95. The van der Waals surface area contributed by atoms with Gasteiger partial charge in [0.2, 0.25) is 0 Å². The van der Waals surface area contributed by atoms with Crippen LogP contribution in [0, 0.1) is 20.8 Å². The van der Waals surface area contributed by atoms with Crippen LogP contribution in [0.4, 0.5) is 0 Å². The quantitative estimate of drug-likeness (QED) is 0.223. The zero-order valence-electron chi connectivity index (χ0n) is 17.7. The van der Waals surface area contributed by atoms with Gasteiger partial charge in [0.15, 0.2) is 5.96 Å². The first kappa shape index (κ1) is 25.0. The van der Waals surface area contributed by atoms with E-state index in [-0.39, 0.29) is 37.1 Å². The number of guanidine groups is 1. The van der Waals surface area contributed by atoms with Crippen molar-refractivity contribution in [2.45, 2.75) is 46.8 Å². The van der Waals surface area contributed by atoms with E-state index in [1.807, 2.05) is 26.8 Å². The van der Waals surface area contributed by atoms with Crippen LogP contribution in [-0.2, 0) is 16.9 Å². The number of aliphatic imine (C=N–C) groups is 1. The van der Waals surface area contributed by atoms with E-state index in [2.05, 4.69) is 15.6 Å². The van der Waals surface area contributed by atoms with Crippen LogP contribution in [0.5, 0.6) is 0 Å². The molecule has 162 valence electrons. The smallest absolute Gasteiger partial charge is 0.341 e. The molecule has 0 radical (unpaired) electrons. The minimum absolute atomic E-state index is 0. The second-order valence-corrected chi connectivity index (χ2v) is 6.82. The Morgan fingerprint density at radius 1 is 1.21 bits per heavy atom. The second-order valence-electron chi connectivity index (χ2n) is 6.82. The molecule has 0 saturated carbocycles. The fourth-order valence-corrected chi connectivity index (χ4v) is 2.95. The Bertz CT molecular complexity index is 854. The molecule has 0 aliphatic heterocycles. The molecule has 2 aromatic rings. The average molecular weight is 519 g/mol. The van der Waals surface area contributed by atoms with Gasteiger partial charge in [0.25, 0.3) is 0 Å². The van der Waals surface area contributed by atoms with Crippen LogP contribution in [0.2, 0.25) is 0 Å². The van der Waals surface area contributed by atoms with Crippen LogP contribution >= 0.6 is 24.0 Å². The van der Waals surface area contributed by atoms with Crippen molar-refractivity contribution in [3.05, 3.63) is 46.3 Å². The zero-order chi connectivity index (χ0) is 20.9. The maximum Gasteiger partial charge on any atom is 0.341 e. The number of halogens is 1. The number of methoxy groups -OCH3 is 1. The van der Waals surface area contributed by atoms with Crippen molar-refractivity contribution in [2.75, 3.05) is 20.2 Å². The number of nitrogens with one attached hydrogen (secondary N) is 2. The van der Waals surface area contributed by atoms with E-state index in [1.165, 1.54) is 7.11 Å². The van der Waals surface area contributed by atoms with Gasteiger partial charge in [0, 0.05) is 12.1 Å². The van der Waals surface area contributed by atoms with E-state index in [0.717, 1.165) is 11.3 Å². The number of esters is 1. The molecule has 1 atom stereocenters. The maximum absolute atomic E-state index is 11.7. The Labute approximate surface area is 188 Å². The predicted molar refractivity (Wildman–Crippen MR) is 121 cm³/mol. The molecular weight excluding hydrogens is 489 g/mol. The van der Waals surface area contributed by atoms with Crippen molar-refractivity contribution in [3.63, 3.8) is 0 Å². The minimum Gasteiger partial charge on any atom is -0.466 e. The summed E-state index contributed by atoms with van der Waals surface area (Å²) in [6.07, 6.45) is 0. The number of rotatable bonds is 7. The number of nitrogens with zero attached hydrogens (tertiary/aromatic N) is 1. The SMILES string of the molecule is CCNC(=NCc1cc(C(=O)OC)c(C)o1)NCC(C)(O)c1cc(C)oc1C.I. The van der Waals surface area contributed by atoms with Crippen LogP contribution in [0.1, 0.15) is 52.8 Å². The Morgan fingerprint density at radius 3 is 2.45 bits per heavy atom. The number of carbonyl (C=O) groups is 1. The van der Waals surface area contributed by atoms with E-state index in [0.29, 0.717) is 35.3 Å². The highest BCUT2D eigenvalue weighted by Crippen LogP contribution is 2.26. The van der Waals surface area contributed by atoms with Crippen LogP contribution in [0.3, 0.4) is 0 Å². The summed E-state index contributed by atoms with van der Waals surface area (Å²) in [6.45, 7) is 10.2. The largest absolute Gasteiger partial charge is 0.466 e. The fraction of sp³-hybridized carbons (Fsp3) is 0.500. The lowest BCUT2D eigenvalue weighted by Gasteiger charge is -2.24. The molecule has 2 rings (SSSR count). The van der Waals surface area contributed by atoms with Gasteiger partial charge in [-0.3, -0.25) is 0 Å². The molecule has 0 fully saturated rings. The van der Waals surface area contributed by atoms with Gasteiger partial charge in [-0.25, -0.2) is 9.79 Å². The third-order valence-corrected chi connectivity index (χ3v) is 4.33. The maximum atomic E-state index is 11.7. The Hall–Kier alpha value is -2.01. The van der Waals surface area contributed by atoms with E-state index in [9.17, 15) is 9.90 Å². The topological polar surface area (TPSA) is 109 Å². The van der Waals surface area contributed by atoms with E-state index in [4.69, 9.17) is 13.6 Å². The molecule has 1 unspecified atom stereocenters. The highest BCUT2D eigenvalue weighted by Gasteiger charge is 2.28. The van der Waals surface area contributed by atoms with Crippen molar-refractivity contribution < 1.29 is 23.5 Å². The lowest BCUT2D eigenvalue weighted by atomic mass is 9.96. The number of hydrogen-bond acceptors (Lipinski definition) is 6. The van der Waals surface area contributed by atoms with Gasteiger partial charge < -0.3 is 29.3 Å². The van der Waals surface area contributed by atoms with Crippen LogP contribution < -0.4 is 10.6 Å². The van der Waals surface area contributed by atoms with Gasteiger partial charge in [-0.1, -0.05) is 0 Å². The van der Waals surface area contributed by atoms with Gasteiger partial charge >= 0.3 is 5.97 Å². The van der Waals surface area contributed by atoms with Crippen molar-refractivity contribution in [3.8, 4) is 0 Å². The number of ether oxygens (including phenoxy) is 1. The van der Waals surface area contributed by atoms with Gasteiger partial charge in [-0.15, -0.1) is 24.0 Å². The molecule has 0 spiro atoms. The third kappa shape index (κ3) is 6.49. The number of hydrogen-bond donors (Lipinski definition) is 3. The van der Waals surface area contributed by atoms with Gasteiger partial charge in [-0.2, -0.15) is 0 Å². The first-order valence-corrected chi connectivity index (χ1v) is 9.17. The number of carbonyl (C=O) groups excluding carboxylic acids is 1. The Balaban J connectivity index is 0.00000420. The Kier molecular flexibility index (Phi) is 9.21. The predicted octanol–water partition coefficient (Wildman–Crippen LogP) is 3.17. The molecule has 0 aliphatic carbocycles. The summed E-state index contributed by atoms with van der Waals surface area (Å²) in [5.74, 6) is 2.56. The number of aryl methyl sites for hydroxylation is 3. The van der Waals surface area contributed by atoms with E-state index < -0.39 is 11.6 Å². The highest BCUT2D eigenvalue weighted by molar-refractivity contribution is 14.0. The summed E-state index contributed by atoms with van der Waals surface area (Å²) in [6, 6.07) is 3.46. The summed E-state index contributed by atoms with van der Waals surface area (Å²) in [4.78, 5) is 16.1. The molecule has 29 heavy (non-hydrogen) atoms. The van der Waals surface area contributed by atoms with Crippen molar-refractivity contribution in [2.24, 2.45) is 4.99 Å². The summed E-state index contributed by atoms with van der Waals surface area (Å²) < 4.78 is 15.8. The van der Waals surface area contributed by atoms with Crippen molar-refractivity contribution in [1.82, 2.24) is 10.6 Å². The monoisotopic (exact) mass is 519 g/mol. The highest BCUT2D eigenvalue weighted by atomic mass is 127. The van der Waals surface area contributed by atoms with Gasteiger partial charge in [-0.05, 0) is 46.8 Å². The molecule has 0 saturated heterocycles. The van der Waals surface area contributed by atoms with Crippen molar-refractivity contribution >= 4 is 35.9 Å². The first-order chi connectivity index (χ1) is 13.2. The van der Waals surface area contributed by atoms with Gasteiger partial charge in [0.05, 0.1) is 13.7 Å². The Morgan fingerprint density at radius 2 is 1.90 bits per heavy atom. The minimum atomic E-state index is -1.13. The zero-order valence-corrected chi connectivity index (χ0v) is 20.0. The molecule has 0 aromatic carbocycles. The molecular formula is C20H30IN3O5. The van der Waals surface area contributed by atoms with Crippen LogP contribution in [-0.4, -0.2) is 37.2 Å². The normalized spacial score (nSPS) is 13.4. The first-order valence-electron chi connectivity index (χ1n) is 9.17. The van der Waals surface area contributed by atoms with E-state index in [1.54, 1.807) is 19.9 Å². The molecule has 3 N–H and O–H groups in total. The molecule has 2 aromatic heterocycles. The van der Waals surface area contributed by atoms with Crippen LogP contribution in [0.15, 0.2) is 26.0 Å². The molecule has 8 nitrogen and oxygen atoms in total. The summed E-state index contributed by atoms with van der Waals surface area (Å²) in [7, 11) is 1.33. The lowest BCUT2D eigenvalue weighted by molar-refractivity contribution is 0.0593. The summed E-state index contributed by atoms with van der Waals surface area (Å²) in [5.41, 5.74) is -0.00528. The molecule has 2 heterocycles. The molecule has 9 heteroatoms. The standard InChI is InChI=1S/C20H29N3O5.HI/c1-7-21-19(22-10-15-9-16(13(3)28-15)18(24)26-6)23-11-20(5,25)17-8-12(2)27-14(17)4;/h8-9,25H,7,10-11H2,1-6H3,(H2,21,22,23);1H. The van der Waals surface area contributed by atoms with Crippen LogP contribution in [0.25, 0.3) is 0 Å². The summed E-state index contributed by atoms with van der Waals surface area (Å²) >= 11 is 0. The molecule has 0 bridgehead atoms. The number of furan rings is 2. The third-order valence-electron chi connectivity index (χ3n) is 4.33. The second kappa shape index (κ2) is 10.7. The average Bonchev–Trinajstić information content (AvgIpc) is 3.18. The number of aliphatic hydroxyl groups is 1. The molecule has 0 aliphatic rings.